The lowest BCUT2D eigenvalue weighted by Crippen LogP contribution is -2.31. The van der Waals surface area contributed by atoms with Crippen molar-refractivity contribution < 1.29 is 13.2 Å². The van der Waals surface area contributed by atoms with Crippen molar-refractivity contribution in [2.24, 2.45) is 5.92 Å². The van der Waals surface area contributed by atoms with E-state index in [1.54, 1.807) is 30.3 Å². The van der Waals surface area contributed by atoms with Crippen molar-refractivity contribution in [3.8, 4) is 0 Å². The third-order valence-corrected chi connectivity index (χ3v) is 7.14. The van der Waals surface area contributed by atoms with Crippen LogP contribution in [0.2, 0.25) is 0 Å². The number of amides is 1. The number of hydrogen-bond donors (Lipinski definition) is 2. The number of nitrogens with one attached hydrogen (secondary N) is 2. The molecule has 1 aromatic carbocycles. The Hall–Kier alpha value is -2.94. The standard InChI is InChI=1S/C21H25N5O3S/c1-15-7-9-17(10-8-15)30(28,29)26-12-11-18-21(26)22-14-19(23-18)24-25-20(27)13-16-5-3-2-4-6-16/h7-12,14,16H,2-6,13H2,1H3,(H,23,24)(H,25,27). The molecule has 0 unspecified atom stereocenters. The van der Waals surface area contributed by atoms with E-state index in [9.17, 15) is 13.2 Å². The second-order valence-corrected chi connectivity index (χ2v) is 9.59. The molecule has 1 saturated carbocycles. The number of anilines is 1. The SMILES string of the molecule is Cc1ccc(S(=O)(=O)n2ccc3nc(NNC(=O)CC4CCCCC4)cnc32)cc1. The molecule has 2 aromatic heterocycles. The first kappa shape index (κ1) is 20.3. The normalized spacial score (nSPS) is 15.2. The molecule has 4 rings (SSSR count). The fraction of sp³-hybridized carbons (Fsp3) is 0.381. The van der Waals surface area contributed by atoms with E-state index in [-0.39, 0.29) is 16.4 Å². The second-order valence-electron chi connectivity index (χ2n) is 7.78. The predicted molar refractivity (Wildman–Crippen MR) is 114 cm³/mol. The molecule has 0 aliphatic heterocycles. The van der Waals surface area contributed by atoms with Crippen LogP contribution in [-0.2, 0) is 14.8 Å². The van der Waals surface area contributed by atoms with Crippen LogP contribution in [0.25, 0.3) is 11.2 Å². The highest BCUT2D eigenvalue weighted by Gasteiger charge is 2.20. The fourth-order valence-electron chi connectivity index (χ4n) is 3.80. The van der Waals surface area contributed by atoms with Gasteiger partial charge in [0.25, 0.3) is 10.0 Å². The smallest absolute Gasteiger partial charge is 0.269 e. The summed E-state index contributed by atoms with van der Waals surface area (Å²) in [7, 11) is -3.77. The quantitative estimate of drug-likeness (QED) is 0.584. The first-order chi connectivity index (χ1) is 14.4. The van der Waals surface area contributed by atoms with Crippen molar-refractivity contribution in [1.82, 2.24) is 19.4 Å². The van der Waals surface area contributed by atoms with E-state index in [4.69, 9.17) is 0 Å². The molecule has 158 valence electrons. The summed E-state index contributed by atoms with van der Waals surface area (Å²) in [5.41, 5.74) is 7.07. The first-order valence-corrected chi connectivity index (χ1v) is 11.6. The Kier molecular flexibility index (Phi) is 5.72. The minimum Gasteiger partial charge on any atom is -0.281 e. The fourth-order valence-corrected chi connectivity index (χ4v) is 5.10. The van der Waals surface area contributed by atoms with E-state index in [0.717, 1.165) is 22.4 Å². The highest BCUT2D eigenvalue weighted by atomic mass is 32.2. The first-order valence-electron chi connectivity index (χ1n) is 10.1. The van der Waals surface area contributed by atoms with Crippen LogP contribution in [0.15, 0.2) is 47.6 Å². The number of aryl methyl sites for hydroxylation is 1. The lowest BCUT2D eigenvalue weighted by Gasteiger charge is -2.20. The van der Waals surface area contributed by atoms with Crippen molar-refractivity contribution in [1.29, 1.82) is 0 Å². The number of rotatable bonds is 6. The van der Waals surface area contributed by atoms with Gasteiger partial charge in [-0.25, -0.2) is 22.4 Å². The van der Waals surface area contributed by atoms with Crippen LogP contribution in [0, 0.1) is 12.8 Å². The Morgan fingerprint density at radius 3 is 2.60 bits per heavy atom. The number of nitrogens with zero attached hydrogens (tertiary/aromatic N) is 3. The number of fused-ring (bicyclic) bond motifs is 1. The summed E-state index contributed by atoms with van der Waals surface area (Å²) < 4.78 is 27.0. The summed E-state index contributed by atoms with van der Waals surface area (Å²) >= 11 is 0. The molecule has 3 aromatic rings. The molecule has 0 radical (unpaired) electrons. The Labute approximate surface area is 175 Å². The Morgan fingerprint density at radius 1 is 1.13 bits per heavy atom. The van der Waals surface area contributed by atoms with Gasteiger partial charge in [-0.05, 0) is 43.9 Å². The highest BCUT2D eigenvalue weighted by molar-refractivity contribution is 7.90. The van der Waals surface area contributed by atoms with Gasteiger partial charge in [-0.3, -0.25) is 15.6 Å². The summed E-state index contributed by atoms with van der Waals surface area (Å²) in [6.07, 6.45) is 9.17. The number of hydrazine groups is 1. The Bertz CT molecular complexity index is 1150. The van der Waals surface area contributed by atoms with Gasteiger partial charge in [-0.1, -0.05) is 37.0 Å². The average Bonchev–Trinajstić information content (AvgIpc) is 3.17. The predicted octanol–water partition coefficient (Wildman–Crippen LogP) is 3.39. The third kappa shape index (κ3) is 4.30. The van der Waals surface area contributed by atoms with Crippen molar-refractivity contribution in [3.05, 3.63) is 48.3 Å². The zero-order valence-electron chi connectivity index (χ0n) is 16.8. The molecule has 2 heterocycles. The number of carbonyl (C=O) groups excluding carboxylic acids is 1. The third-order valence-electron chi connectivity index (χ3n) is 5.46. The van der Waals surface area contributed by atoms with Gasteiger partial charge in [-0.15, -0.1) is 0 Å². The van der Waals surface area contributed by atoms with Gasteiger partial charge >= 0.3 is 0 Å². The molecule has 8 nitrogen and oxygen atoms in total. The summed E-state index contributed by atoms with van der Waals surface area (Å²) in [6, 6.07) is 8.23. The summed E-state index contributed by atoms with van der Waals surface area (Å²) in [4.78, 5) is 21.0. The van der Waals surface area contributed by atoms with Gasteiger partial charge in [0.05, 0.1) is 11.1 Å². The van der Waals surface area contributed by atoms with E-state index in [2.05, 4.69) is 20.8 Å². The van der Waals surface area contributed by atoms with Crippen molar-refractivity contribution in [3.63, 3.8) is 0 Å². The molecule has 2 N–H and O–H groups in total. The van der Waals surface area contributed by atoms with Crippen molar-refractivity contribution >= 4 is 32.9 Å². The van der Waals surface area contributed by atoms with E-state index < -0.39 is 10.0 Å². The molecule has 0 saturated heterocycles. The van der Waals surface area contributed by atoms with Crippen LogP contribution < -0.4 is 10.9 Å². The van der Waals surface area contributed by atoms with Crippen LogP contribution >= 0.6 is 0 Å². The zero-order chi connectivity index (χ0) is 21.1. The maximum atomic E-state index is 12.9. The van der Waals surface area contributed by atoms with Gasteiger partial charge in [0.1, 0.15) is 5.52 Å². The number of aromatic nitrogens is 3. The number of carbonyl (C=O) groups is 1. The molecule has 0 atom stereocenters. The van der Waals surface area contributed by atoms with E-state index in [1.165, 1.54) is 31.7 Å². The molecule has 1 fully saturated rings. The van der Waals surface area contributed by atoms with Crippen molar-refractivity contribution in [2.75, 3.05) is 5.43 Å². The molecule has 0 spiro atoms. The molecular formula is C21H25N5O3S. The molecule has 1 aliphatic carbocycles. The molecule has 1 aliphatic rings. The summed E-state index contributed by atoms with van der Waals surface area (Å²) in [6.45, 7) is 1.90. The lowest BCUT2D eigenvalue weighted by atomic mass is 9.87. The molecule has 1 amide bonds. The molecule has 30 heavy (non-hydrogen) atoms. The maximum Gasteiger partial charge on any atom is 0.269 e. The lowest BCUT2D eigenvalue weighted by molar-refractivity contribution is -0.121. The molecule has 0 bridgehead atoms. The minimum atomic E-state index is -3.77. The highest BCUT2D eigenvalue weighted by Crippen LogP contribution is 2.26. The van der Waals surface area contributed by atoms with Crippen LogP contribution in [0.4, 0.5) is 5.82 Å². The Morgan fingerprint density at radius 2 is 1.87 bits per heavy atom. The number of hydrogen-bond acceptors (Lipinski definition) is 6. The Balaban J connectivity index is 1.47. The van der Waals surface area contributed by atoms with Gasteiger partial charge in [0.15, 0.2) is 11.5 Å². The van der Waals surface area contributed by atoms with Gasteiger partial charge in [-0.2, -0.15) is 0 Å². The van der Waals surface area contributed by atoms with E-state index in [0.29, 0.717) is 23.7 Å². The number of benzene rings is 1. The second kappa shape index (κ2) is 8.43. The van der Waals surface area contributed by atoms with Gasteiger partial charge < -0.3 is 0 Å². The maximum absolute atomic E-state index is 12.9. The van der Waals surface area contributed by atoms with Gasteiger partial charge in [0.2, 0.25) is 5.91 Å². The van der Waals surface area contributed by atoms with E-state index in [1.807, 2.05) is 6.92 Å². The zero-order valence-corrected chi connectivity index (χ0v) is 17.7. The average molecular weight is 428 g/mol. The van der Waals surface area contributed by atoms with Crippen LogP contribution in [0.3, 0.4) is 0 Å². The molecule has 9 heteroatoms. The monoisotopic (exact) mass is 427 g/mol. The minimum absolute atomic E-state index is 0.0803. The van der Waals surface area contributed by atoms with Crippen LogP contribution in [0.5, 0.6) is 0 Å². The summed E-state index contributed by atoms with van der Waals surface area (Å²) in [5, 5.41) is 0. The largest absolute Gasteiger partial charge is 0.281 e. The topological polar surface area (TPSA) is 106 Å². The van der Waals surface area contributed by atoms with Crippen LogP contribution in [-0.4, -0.2) is 28.3 Å². The van der Waals surface area contributed by atoms with E-state index >= 15 is 0 Å². The van der Waals surface area contributed by atoms with Crippen molar-refractivity contribution in [2.45, 2.75) is 50.3 Å². The van der Waals surface area contributed by atoms with Gasteiger partial charge in [0, 0.05) is 12.6 Å². The van der Waals surface area contributed by atoms with Crippen LogP contribution in [0.1, 0.15) is 44.1 Å². The molecular weight excluding hydrogens is 402 g/mol. The summed E-state index contributed by atoms with van der Waals surface area (Å²) in [5.74, 6) is 0.712.